The monoisotopic (exact) mass is 312 g/mol. The van der Waals surface area contributed by atoms with Gasteiger partial charge in [-0.05, 0) is 6.92 Å². The molecule has 2 aliphatic rings. The fourth-order valence-corrected chi connectivity index (χ4v) is 2.49. The van der Waals surface area contributed by atoms with Crippen LogP contribution in [0.15, 0.2) is 0 Å². The quantitative estimate of drug-likeness (QED) is 0.601. The molecule has 2 saturated heterocycles. The van der Waals surface area contributed by atoms with Crippen LogP contribution in [0.2, 0.25) is 0 Å². The molecule has 0 saturated carbocycles. The zero-order chi connectivity index (χ0) is 16.1. The summed E-state index contributed by atoms with van der Waals surface area (Å²) in [5.74, 6) is -0.750. The summed E-state index contributed by atoms with van der Waals surface area (Å²) >= 11 is 0. The van der Waals surface area contributed by atoms with Crippen LogP contribution in [0.25, 0.3) is 0 Å². The van der Waals surface area contributed by atoms with Gasteiger partial charge < -0.3 is 25.2 Å². The van der Waals surface area contributed by atoms with E-state index in [-0.39, 0.29) is 49.9 Å². The summed E-state index contributed by atoms with van der Waals surface area (Å²) in [5.41, 5.74) is 0. The Kier molecular flexibility index (Phi) is 5.18. The summed E-state index contributed by atoms with van der Waals surface area (Å²) in [6, 6.07) is -0.986. The minimum atomic E-state index is -0.634. The van der Waals surface area contributed by atoms with Crippen LogP contribution in [0, 0.1) is 0 Å². The summed E-state index contributed by atoms with van der Waals surface area (Å²) in [7, 11) is 0. The SMILES string of the molecule is CCOC(=O)CCNC(=O)N1CCN2C(=O)CNC(=O)[C@@H]2C1. The highest BCUT2D eigenvalue weighted by Gasteiger charge is 2.39. The molecule has 2 heterocycles. The molecule has 22 heavy (non-hydrogen) atoms. The van der Waals surface area contributed by atoms with Crippen LogP contribution in [0.4, 0.5) is 4.79 Å². The predicted octanol–water partition coefficient (Wildman–Crippen LogP) is -1.71. The van der Waals surface area contributed by atoms with Crippen LogP contribution in [0.1, 0.15) is 13.3 Å². The van der Waals surface area contributed by atoms with Gasteiger partial charge in [0, 0.05) is 19.6 Å². The van der Waals surface area contributed by atoms with Gasteiger partial charge >= 0.3 is 12.0 Å². The minimum absolute atomic E-state index is 0.0150. The molecule has 0 radical (unpaired) electrons. The lowest BCUT2D eigenvalue weighted by Crippen LogP contribution is -2.67. The number of hydrogen-bond donors (Lipinski definition) is 2. The maximum Gasteiger partial charge on any atom is 0.317 e. The van der Waals surface area contributed by atoms with Gasteiger partial charge in [0.2, 0.25) is 11.8 Å². The number of ether oxygens (including phenoxy) is 1. The minimum Gasteiger partial charge on any atom is -0.466 e. The van der Waals surface area contributed by atoms with Crippen molar-refractivity contribution >= 4 is 23.8 Å². The number of urea groups is 1. The van der Waals surface area contributed by atoms with Crippen LogP contribution >= 0.6 is 0 Å². The summed E-state index contributed by atoms with van der Waals surface area (Å²) in [6.45, 7) is 3.06. The number of esters is 1. The third-order valence-corrected chi connectivity index (χ3v) is 3.62. The van der Waals surface area contributed by atoms with Crippen molar-refractivity contribution < 1.29 is 23.9 Å². The van der Waals surface area contributed by atoms with Gasteiger partial charge in [0.05, 0.1) is 26.1 Å². The molecule has 9 nitrogen and oxygen atoms in total. The number of carbonyl (C=O) groups excluding carboxylic acids is 4. The maximum absolute atomic E-state index is 12.0. The van der Waals surface area contributed by atoms with Crippen molar-refractivity contribution in [2.75, 3.05) is 39.3 Å². The number of hydrogen-bond acceptors (Lipinski definition) is 5. The molecule has 122 valence electrons. The molecule has 2 fully saturated rings. The second-order valence-electron chi connectivity index (χ2n) is 5.05. The first kappa shape index (κ1) is 16.1. The fourth-order valence-electron chi connectivity index (χ4n) is 2.49. The number of fused-ring (bicyclic) bond motifs is 1. The van der Waals surface area contributed by atoms with Gasteiger partial charge in [-0.25, -0.2) is 4.79 Å². The van der Waals surface area contributed by atoms with Gasteiger partial charge in [-0.3, -0.25) is 14.4 Å². The number of amides is 4. The van der Waals surface area contributed by atoms with E-state index >= 15 is 0 Å². The zero-order valence-corrected chi connectivity index (χ0v) is 12.5. The third-order valence-electron chi connectivity index (χ3n) is 3.62. The van der Waals surface area contributed by atoms with Crippen molar-refractivity contribution in [3.63, 3.8) is 0 Å². The van der Waals surface area contributed by atoms with E-state index in [2.05, 4.69) is 10.6 Å². The van der Waals surface area contributed by atoms with E-state index in [1.54, 1.807) is 6.92 Å². The van der Waals surface area contributed by atoms with Gasteiger partial charge in [-0.2, -0.15) is 0 Å². The Hall–Kier alpha value is -2.32. The average molecular weight is 312 g/mol. The van der Waals surface area contributed by atoms with E-state index in [1.165, 1.54) is 9.80 Å². The largest absolute Gasteiger partial charge is 0.466 e. The Morgan fingerprint density at radius 2 is 2.14 bits per heavy atom. The number of nitrogens with one attached hydrogen (secondary N) is 2. The summed E-state index contributed by atoms with van der Waals surface area (Å²) in [4.78, 5) is 49.7. The Balaban J connectivity index is 1.81. The molecule has 4 amide bonds. The first-order valence-corrected chi connectivity index (χ1v) is 7.28. The number of carbonyl (C=O) groups is 4. The zero-order valence-electron chi connectivity index (χ0n) is 12.5. The summed E-state index contributed by atoms with van der Waals surface area (Å²) in [5, 5.41) is 5.13. The summed E-state index contributed by atoms with van der Waals surface area (Å²) < 4.78 is 4.76. The molecule has 1 atom stereocenters. The lowest BCUT2D eigenvalue weighted by molar-refractivity contribution is -0.148. The van der Waals surface area contributed by atoms with E-state index in [4.69, 9.17) is 4.74 Å². The van der Waals surface area contributed by atoms with Gasteiger partial charge in [-0.1, -0.05) is 0 Å². The van der Waals surface area contributed by atoms with E-state index in [0.717, 1.165) is 0 Å². The van der Waals surface area contributed by atoms with E-state index in [9.17, 15) is 19.2 Å². The topological polar surface area (TPSA) is 108 Å². The molecule has 2 N–H and O–H groups in total. The molecule has 0 aromatic rings. The molecule has 0 aromatic carbocycles. The normalized spacial score (nSPS) is 21.0. The van der Waals surface area contributed by atoms with Crippen LogP contribution in [0.5, 0.6) is 0 Å². The molecule has 0 unspecified atom stereocenters. The lowest BCUT2D eigenvalue weighted by Gasteiger charge is -2.42. The van der Waals surface area contributed by atoms with Gasteiger partial charge in [0.15, 0.2) is 0 Å². The molecule has 0 aromatic heterocycles. The molecule has 0 aliphatic carbocycles. The number of rotatable bonds is 4. The molecule has 0 spiro atoms. The lowest BCUT2D eigenvalue weighted by atomic mass is 10.1. The van der Waals surface area contributed by atoms with Gasteiger partial charge in [0.1, 0.15) is 6.04 Å². The highest BCUT2D eigenvalue weighted by Crippen LogP contribution is 2.13. The number of nitrogens with zero attached hydrogens (tertiary/aromatic N) is 2. The first-order chi connectivity index (χ1) is 10.5. The number of piperazine rings is 2. The van der Waals surface area contributed by atoms with E-state index in [0.29, 0.717) is 19.7 Å². The van der Waals surface area contributed by atoms with Crippen molar-refractivity contribution in [3.8, 4) is 0 Å². The smallest absolute Gasteiger partial charge is 0.317 e. The van der Waals surface area contributed by atoms with Crippen LogP contribution in [-0.4, -0.2) is 79.0 Å². The highest BCUT2D eigenvalue weighted by atomic mass is 16.5. The molecule has 9 heteroatoms. The van der Waals surface area contributed by atoms with Crippen LogP contribution in [-0.2, 0) is 19.1 Å². The van der Waals surface area contributed by atoms with Crippen molar-refractivity contribution in [2.24, 2.45) is 0 Å². The highest BCUT2D eigenvalue weighted by molar-refractivity contribution is 5.95. The van der Waals surface area contributed by atoms with Crippen LogP contribution in [0.3, 0.4) is 0 Å². The Bertz CT molecular complexity index is 481. The van der Waals surface area contributed by atoms with E-state index < -0.39 is 6.04 Å². The molecular formula is C13H20N4O5. The van der Waals surface area contributed by atoms with Crippen molar-refractivity contribution in [1.29, 1.82) is 0 Å². The maximum atomic E-state index is 12.0. The standard InChI is InChI=1S/C13H20N4O5/c1-2-22-11(19)3-4-14-13(21)16-5-6-17-9(8-16)12(20)15-7-10(17)18/h9H,2-8H2,1H3,(H,14,21)(H,15,20)/t9-/m0/s1. The molecular weight excluding hydrogens is 292 g/mol. The third kappa shape index (κ3) is 3.66. The fraction of sp³-hybridized carbons (Fsp3) is 0.692. The van der Waals surface area contributed by atoms with Crippen LogP contribution < -0.4 is 10.6 Å². The van der Waals surface area contributed by atoms with Gasteiger partial charge in [-0.15, -0.1) is 0 Å². The second-order valence-corrected chi connectivity index (χ2v) is 5.05. The summed E-state index contributed by atoms with van der Waals surface area (Å²) in [6.07, 6.45) is 0.0992. The van der Waals surface area contributed by atoms with Crippen molar-refractivity contribution in [3.05, 3.63) is 0 Å². The second kappa shape index (κ2) is 7.10. The first-order valence-electron chi connectivity index (χ1n) is 7.28. The van der Waals surface area contributed by atoms with Crippen molar-refractivity contribution in [1.82, 2.24) is 20.4 Å². The van der Waals surface area contributed by atoms with Gasteiger partial charge in [0.25, 0.3) is 0 Å². The van der Waals surface area contributed by atoms with E-state index in [1.807, 2.05) is 0 Å². The molecule has 2 rings (SSSR count). The Morgan fingerprint density at radius 1 is 1.36 bits per heavy atom. The Labute approximate surface area is 127 Å². The Morgan fingerprint density at radius 3 is 2.86 bits per heavy atom. The molecule has 2 aliphatic heterocycles. The average Bonchev–Trinajstić information content (AvgIpc) is 2.51. The molecule has 0 bridgehead atoms. The van der Waals surface area contributed by atoms with Crippen molar-refractivity contribution in [2.45, 2.75) is 19.4 Å². The predicted molar refractivity (Wildman–Crippen MR) is 74.7 cm³/mol.